The van der Waals surface area contributed by atoms with E-state index in [0.29, 0.717) is 0 Å². The summed E-state index contributed by atoms with van der Waals surface area (Å²) in [6.45, 7) is 5.87. The minimum absolute atomic E-state index is 0.118. The molecule has 106 valence electrons. The van der Waals surface area contributed by atoms with Crippen LogP contribution < -0.4 is 10.1 Å². The molecule has 0 bridgehead atoms. The number of rotatable bonds is 5. The Morgan fingerprint density at radius 3 is 2.50 bits per heavy atom. The number of nitrogens with zero attached hydrogens (tertiary/aromatic N) is 1. The molecule has 1 aromatic heterocycles. The zero-order valence-electron chi connectivity index (χ0n) is 11.8. The normalized spacial score (nSPS) is 12.2. The van der Waals surface area contributed by atoms with Crippen LogP contribution in [0, 0.1) is 0 Å². The lowest BCUT2D eigenvalue weighted by Crippen LogP contribution is -2.26. The average molecular weight is 274 g/mol. The Bertz CT molecular complexity index is 547. The van der Waals surface area contributed by atoms with Crippen LogP contribution in [0.5, 0.6) is 5.75 Å². The lowest BCUT2D eigenvalue weighted by Gasteiger charge is -2.15. The fraction of sp³-hybridized carbons (Fsp3) is 0.333. The number of nitrogens with one attached hydrogen (secondary N) is 1. The Balaban J connectivity index is 1.98. The van der Waals surface area contributed by atoms with E-state index in [4.69, 9.17) is 9.15 Å². The van der Waals surface area contributed by atoms with Crippen molar-refractivity contribution in [3.05, 3.63) is 48.2 Å². The summed E-state index contributed by atoms with van der Waals surface area (Å²) in [5.74, 6) is 0.563. The van der Waals surface area contributed by atoms with Gasteiger partial charge in [-0.25, -0.2) is 4.98 Å². The lowest BCUT2D eigenvalue weighted by molar-refractivity contribution is 0.0935. The van der Waals surface area contributed by atoms with Crippen molar-refractivity contribution in [3.8, 4) is 5.75 Å². The minimum Gasteiger partial charge on any atom is -0.491 e. The SMILES string of the molecule is CC(C)Oc1ccc(C(C)NC(=O)c2cocn2)cc1. The lowest BCUT2D eigenvalue weighted by atomic mass is 10.1. The highest BCUT2D eigenvalue weighted by molar-refractivity contribution is 5.92. The first-order chi connectivity index (χ1) is 9.56. The molecule has 1 heterocycles. The van der Waals surface area contributed by atoms with Crippen LogP contribution in [0.1, 0.15) is 42.9 Å². The maximum Gasteiger partial charge on any atom is 0.273 e. The van der Waals surface area contributed by atoms with Crippen LogP contribution in [0.3, 0.4) is 0 Å². The molecule has 1 unspecified atom stereocenters. The standard InChI is InChI=1S/C15H18N2O3/c1-10(2)20-13-6-4-12(5-7-13)11(3)17-15(18)14-8-19-9-16-14/h4-11H,1-3H3,(H,17,18). The Hall–Kier alpha value is -2.30. The summed E-state index contributed by atoms with van der Waals surface area (Å²) in [6.07, 6.45) is 2.70. The Kier molecular flexibility index (Phi) is 4.40. The summed E-state index contributed by atoms with van der Waals surface area (Å²) >= 11 is 0. The second-order valence-corrected chi connectivity index (χ2v) is 4.80. The molecule has 2 rings (SSSR count). The van der Waals surface area contributed by atoms with Gasteiger partial charge in [-0.3, -0.25) is 4.79 Å². The van der Waals surface area contributed by atoms with E-state index in [-0.39, 0.29) is 23.7 Å². The molecule has 0 aliphatic heterocycles. The van der Waals surface area contributed by atoms with Crippen LogP contribution in [0.15, 0.2) is 41.3 Å². The number of ether oxygens (including phenoxy) is 1. The molecule has 2 aromatic rings. The summed E-state index contributed by atoms with van der Waals surface area (Å²) in [4.78, 5) is 15.7. The van der Waals surface area contributed by atoms with Crippen molar-refractivity contribution in [3.63, 3.8) is 0 Å². The van der Waals surface area contributed by atoms with Crippen LogP contribution in [-0.2, 0) is 0 Å². The van der Waals surface area contributed by atoms with Crippen LogP contribution in [-0.4, -0.2) is 17.0 Å². The quantitative estimate of drug-likeness (QED) is 0.910. The second kappa shape index (κ2) is 6.23. The van der Waals surface area contributed by atoms with E-state index in [0.717, 1.165) is 11.3 Å². The largest absolute Gasteiger partial charge is 0.491 e. The number of hydrogen-bond donors (Lipinski definition) is 1. The van der Waals surface area contributed by atoms with E-state index in [9.17, 15) is 4.79 Å². The fourth-order valence-electron chi connectivity index (χ4n) is 1.79. The number of carbonyl (C=O) groups excluding carboxylic acids is 1. The number of oxazole rings is 1. The summed E-state index contributed by atoms with van der Waals surface area (Å²) in [7, 11) is 0. The van der Waals surface area contributed by atoms with E-state index in [1.165, 1.54) is 12.7 Å². The summed E-state index contributed by atoms with van der Waals surface area (Å²) in [5, 5.41) is 2.86. The van der Waals surface area contributed by atoms with Gasteiger partial charge in [0.2, 0.25) is 0 Å². The maximum absolute atomic E-state index is 11.8. The third kappa shape index (κ3) is 3.60. The molecule has 5 heteroatoms. The highest BCUT2D eigenvalue weighted by Gasteiger charge is 2.13. The molecule has 1 N–H and O–H groups in total. The first-order valence-electron chi connectivity index (χ1n) is 6.52. The highest BCUT2D eigenvalue weighted by Crippen LogP contribution is 2.18. The Morgan fingerprint density at radius 1 is 1.25 bits per heavy atom. The van der Waals surface area contributed by atoms with E-state index >= 15 is 0 Å². The van der Waals surface area contributed by atoms with Crippen molar-refractivity contribution in [2.24, 2.45) is 0 Å². The van der Waals surface area contributed by atoms with Crippen LogP contribution in [0.4, 0.5) is 0 Å². The predicted molar refractivity (Wildman–Crippen MR) is 74.6 cm³/mol. The number of benzene rings is 1. The molecule has 0 aliphatic carbocycles. The third-order valence-corrected chi connectivity index (χ3v) is 2.76. The number of amides is 1. The van der Waals surface area contributed by atoms with E-state index in [1.54, 1.807) is 0 Å². The molecule has 1 amide bonds. The Morgan fingerprint density at radius 2 is 1.95 bits per heavy atom. The van der Waals surface area contributed by atoms with Gasteiger partial charge in [-0.2, -0.15) is 0 Å². The predicted octanol–water partition coefficient (Wildman–Crippen LogP) is 2.95. The van der Waals surface area contributed by atoms with E-state index in [2.05, 4.69) is 10.3 Å². The van der Waals surface area contributed by atoms with Gasteiger partial charge >= 0.3 is 0 Å². The first-order valence-corrected chi connectivity index (χ1v) is 6.52. The van der Waals surface area contributed by atoms with Crippen molar-refractivity contribution >= 4 is 5.91 Å². The van der Waals surface area contributed by atoms with Crippen molar-refractivity contribution in [2.45, 2.75) is 32.9 Å². The zero-order chi connectivity index (χ0) is 14.5. The topological polar surface area (TPSA) is 64.4 Å². The third-order valence-electron chi connectivity index (χ3n) is 2.76. The molecule has 5 nitrogen and oxygen atoms in total. The highest BCUT2D eigenvalue weighted by atomic mass is 16.5. The molecular weight excluding hydrogens is 256 g/mol. The van der Waals surface area contributed by atoms with Crippen LogP contribution in [0.2, 0.25) is 0 Å². The van der Waals surface area contributed by atoms with Crippen LogP contribution >= 0.6 is 0 Å². The summed E-state index contributed by atoms with van der Waals surface area (Å²) in [6, 6.07) is 7.55. The molecule has 0 aliphatic rings. The van der Waals surface area contributed by atoms with Gasteiger partial charge in [-0.1, -0.05) is 12.1 Å². The first kappa shape index (κ1) is 14.1. The molecule has 0 radical (unpaired) electrons. The van der Waals surface area contributed by atoms with Gasteiger partial charge in [-0.05, 0) is 38.5 Å². The van der Waals surface area contributed by atoms with Gasteiger partial charge < -0.3 is 14.5 Å². The van der Waals surface area contributed by atoms with Gasteiger partial charge in [0.25, 0.3) is 5.91 Å². The van der Waals surface area contributed by atoms with Gasteiger partial charge in [0.1, 0.15) is 12.0 Å². The van der Waals surface area contributed by atoms with E-state index in [1.807, 2.05) is 45.0 Å². The van der Waals surface area contributed by atoms with Crippen molar-refractivity contribution < 1.29 is 13.9 Å². The smallest absolute Gasteiger partial charge is 0.273 e. The van der Waals surface area contributed by atoms with Crippen molar-refractivity contribution in [1.82, 2.24) is 10.3 Å². The summed E-state index contributed by atoms with van der Waals surface area (Å²) < 4.78 is 10.4. The molecule has 0 fully saturated rings. The van der Waals surface area contributed by atoms with Gasteiger partial charge in [-0.15, -0.1) is 0 Å². The zero-order valence-corrected chi connectivity index (χ0v) is 11.8. The van der Waals surface area contributed by atoms with Crippen molar-refractivity contribution in [1.29, 1.82) is 0 Å². The average Bonchev–Trinajstić information content (AvgIpc) is 2.92. The number of hydrogen-bond acceptors (Lipinski definition) is 4. The molecule has 1 atom stereocenters. The molecule has 0 saturated carbocycles. The molecule has 20 heavy (non-hydrogen) atoms. The second-order valence-electron chi connectivity index (χ2n) is 4.80. The molecule has 0 saturated heterocycles. The van der Waals surface area contributed by atoms with Gasteiger partial charge in [0.05, 0.1) is 12.1 Å². The van der Waals surface area contributed by atoms with Crippen LogP contribution in [0.25, 0.3) is 0 Å². The van der Waals surface area contributed by atoms with Crippen molar-refractivity contribution in [2.75, 3.05) is 0 Å². The molecular formula is C15H18N2O3. The molecule has 0 spiro atoms. The Labute approximate surface area is 118 Å². The maximum atomic E-state index is 11.8. The van der Waals surface area contributed by atoms with Gasteiger partial charge in [0.15, 0.2) is 12.1 Å². The summed E-state index contributed by atoms with van der Waals surface area (Å²) in [5.41, 5.74) is 1.27. The monoisotopic (exact) mass is 274 g/mol. The minimum atomic E-state index is -0.256. The van der Waals surface area contributed by atoms with Gasteiger partial charge in [0, 0.05) is 0 Å². The molecule has 1 aromatic carbocycles. The number of aromatic nitrogens is 1. The number of carbonyl (C=O) groups is 1. The van der Waals surface area contributed by atoms with E-state index < -0.39 is 0 Å². The fourth-order valence-corrected chi connectivity index (χ4v) is 1.79.